The van der Waals surface area contributed by atoms with E-state index in [1.165, 1.54) is 18.9 Å². The van der Waals surface area contributed by atoms with E-state index < -0.39 is 0 Å². The van der Waals surface area contributed by atoms with Gasteiger partial charge in [-0.1, -0.05) is 25.1 Å². The molecule has 2 heteroatoms. The minimum atomic E-state index is -0.0885. The number of nitrogens with one attached hydrogen (secondary N) is 1. The molecule has 0 heterocycles. The van der Waals surface area contributed by atoms with Crippen LogP contribution < -0.4 is 5.32 Å². The van der Waals surface area contributed by atoms with Crippen molar-refractivity contribution in [3.63, 3.8) is 0 Å². The summed E-state index contributed by atoms with van der Waals surface area (Å²) >= 11 is 0. The van der Waals surface area contributed by atoms with E-state index >= 15 is 0 Å². The van der Waals surface area contributed by atoms with Crippen molar-refractivity contribution in [1.29, 1.82) is 0 Å². The summed E-state index contributed by atoms with van der Waals surface area (Å²) in [5.41, 5.74) is 0.818. The predicted octanol–water partition coefficient (Wildman–Crippen LogP) is 3.07. The molecule has 1 fully saturated rings. The van der Waals surface area contributed by atoms with Crippen molar-refractivity contribution in [3.8, 4) is 0 Å². The van der Waals surface area contributed by atoms with E-state index in [9.17, 15) is 4.39 Å². The molecule has 0 radical (unpaired) electrons. The Morgan fingerprint density at radius 1 is 1.27 bits per heavy atom. The Kier molecular flexibility index (Phi) is 3.06. The van der Waals surface area contributed by atoms with Gasteiger partial charge in [0.05, 0.1) is 0 Å². The van der Waals surface area contributed by atoms with Gasteiger partial charge < -0.3 is 5.32 Å². The summed E-state index contributed by atoms with van der Waals surface area (Å²) < 4.78 is 13.5. The number of hydrogen-bond donors (Lipinski definition) is 1. The van der Waals surface area contributed by atoms with Gasteiger partial charge in [0, 0.05) is 12.1 Å². The quantitative estimate of drug-likeness (QED) is 0.800. The monoisotopic (exact) mass is 207 g/mol. The van der Waals surface area contributed by atoms with Crippen LogP contribution in [-0.2, 0) is 0 Å². The van der Waals surface area contributed by atoms with E-state index in [-0.39, 0.29) is 11.7 Å². The molecule has 1 aliphatic carbocycles. The van der Waals surface area contributed by atoms with Crippen LogP contribution in [0.1, 0.15) is 38.2 Å². The second-order valence-corrected chi connectivity index (χ2v) is 4.54. The standard InChI is InChI=1S/C13H18FN/c1-9(10(2)15-11-7-8-11)12-5-3-4-6-13(12)14/h3-6,9-11,15H,7-8H2,1-2H3. The van der Waals surface area contributed by atoms with E-state index in [0.717, 1.165) is 5.56 Å². The lowest BCUT2D eigenvalue weighted by molar-refractivity contribution is 0.462. The molecule has 0 spiro atoms. The van der Waals surface area contributed by atoms with Crippen LogP contribution in [0, 0.1) is 5.82 Å². The highest BCUT2D eigenvalue weighted by Gasteiger charge is 2.26. The second kappa shape index (κ2) is 4.31. The predicted molar refractivity (Wildman–Crippen MR) is 60.4 cm³/mol. The molecule has 15 heavy (non-hydrogen) atoms. The molecule has 2 rings (SSSR count). The van der Waals surface area contributed by atoms with Gasteiger partial charge >= 0.3 is 0 Å². The topological polar surface area (TPSA) is 12.0 Å². The van der Waals surface area contributed by atoms with Gasteiger partial charge in [0.1, 0.15) is 5.82 Å². The van der Waals surface area contributed by atoms with Crippen molar-refractivity contribution in [2.75, 3.05) is 0 Å². The van der Waals surface area contributed by atoms with Crippen molar-refractivity contribution < 1.29 is 4.39 Å². The zero-order chi connectivity index (χ0) is 10.8. The van der Waals surface area contributed by atoms with Crippen LogP contribution in [0.25, 0.3) is 0 Å². The highest BCUT2D eigenvalue weighted by molar-refractivity contribution is 5.22. The Balaban J connectivity index is 2.05. The summed E-state index contributed by atoms with van der Waals surface area (Å²) in [5, 5.41) is 3.51. The Morgan fingerprint density at radius 3 is 2.53 bits per heavy atom. The van der Waals surface area contributed by atoms with Gasteiger partial charge in [-0.05, 0) is 37.3 Å². The SMILES string of the molecule is CC(NC1CC1)C(C)c1ccccc1F. The maximum atomic E-state index is 13.5. The first-order valence-corrected chi connectivity index (χ1v) is 5.69. The summed E-state index contributed by atoms with van der Waals surface area (Å²) in [4.78, 5) is 0. The van der Waals surface area contributed by atoms with E-state index in [2.05, 4.69) is 19.2 Å². The molecule has 1 aromatic rings. The maximum Gasteiger partial charge on any atom is 0.126 e. The fourth-order valence-corrected chi connectivity index (χ4v) is 1.88. The lowest BCUT2D eigenvalue weighted by Crippen LogP contribution is -2.32. The van der Waals surface area contributed by atoms with Crippen LogP contribution >= 0.6 is 0 Å². The fourth-order valence-electron chi connectivity index (χ4n) is 1.88. The average molecular weight is 207 g/mol. The van der Waals surface area contributed by atoms with Gasteiger partial charge in [-0.2, -0.15) is 0 Å². The average Bonchev–Trinajstić information content (AvgIpc) is 3.01. The number of hydrogen-bond acceptors (Lipinski definition) is 1. The van der Waals surface area contributed by atoms with Crippen molar-refractivity contribution in [2.24, 2.45) is 0 Å². The summed E-state index contributed by atoms with van der Waals surface area (Å²) in [5.74, 6) is 0.140. The van der Waals surface area contributed by atoms with E-state index in [1.54, 1.807) is 6.07 Å². The lowest BCUT2D eigenvalue weighted by Gasteiger charge is -2.22. The molecular formula is C13H18FN. The van der Waals surface area contributed by atoms with Gasteiger partial charge in [-0.25, -0.2) is 4.39 Å². The van der Waals surface area contributed by atoms with Crippen LogP contribution in [0.2, 0.25) is 0 Å². The molecule has 0 amide bonds. The highest BCUT2D eigenvalue weighted by atomic mass is 19.1. The van der Waals surface area contributed by atoms with Crippen molar-refractivity contribution >= 4 is 0 Å². The van der Waals surface area contributed by atoms with Gasteiger partial charge in [0.15, 0.2) is 0 Å². The largest absolute Gasteiger partial charge is 0.311 e. The Bertz CT molecular complexity index is 333. The van der Waals surface area contributed by atoms with Gasteiger partial charge in [0.2, 0.25) is 0 Å². The third-order valence-electron chi connectivity index (χ3n) is 3.22. The smallest absolute Gasteiger partial charge is 0.126 e. The Labute approximate surface area is 90.7 Å². The first-order chi connectivity index (χ1) is 7.18. The summed E-state index contributed by atoms with van der Waals surface area (Å²) in [6, 6.07) is 8.08. The number of rotatable bonds is 4. The second-order valence-electron chi connectivity index (χ2n) is 4.54. The zero-order valence-corrected chi connectivity index (χ0v) is 9.33. The summed E-state index contributed by atoms with van der Waals surface area (Å²) in [7, 11) is 0. The molecule has 0 aromatic heterocycles. The molecule has 0 saturated heterocycles. The third kappa shape index (κ3) is 2.57. The normalized spacial score (nSPS) is 19.9. The molecule has 1 aromatic carbocycles. The molecule has 2 unspecified atom stereocenters. The van der Waals surface area contributed by atoms with Gasteiger partial charge in [0.25, 0.3) is 0 Å². The lowest BCUT2D eigenvalue weighted by atomic mass is 9.94. The highest BCUT2D eigenvalue weighted by Crippen LogP contribution is 2.26. The van der Waals surface area contributed by atoms with Crippen LogP contribution in [0.5, 0.6) is 0 Å². The molecule has 0 aliphatic heterocycles. The molecular weight excluding hydrogens is 189 g/mol. The minimum absolute atomic E-state index is 0.0885. The molecule has 1 nitrogen and oxygen atoms in total. The Hall–Kier alpha value is -0.890. The first-order valence-electron chi connectivity index (χ1n) is 5.69. The van der Waals surface area contributed by atoms with E-state index in [0.29, 0.717) is 12.1 Å². The van der Waals surface area contributed by atoms with Crippen LogP contribution in [-0.4, -0.2) is 12.1 Å². The molecule has 1 saturated carbocycles. The van der Waals surface area contributed by atoms with Crippen molar-refractivity contribution in [1.82, 2.24) is 5.32 Å². The Morgan fingerprint density at radius 2 is 1.93 bits per heavy atom. The first kappa shape index (κ1) is 10.6. The van der Waals surface area contributed by atoms with Crippen LogP contribution in [0.3, 0.4) is 0 Å². The van der Waals surface area contributed by atoms with Gasteiger partial charge in [-0.3, -0.25) is 0 Å². The number of benzene rings is 1. The van der Waals surface area contributed by atoms with E-state index in [4.69, 9.17) is 0 Å². The minimum Gasteiger partial charge on any atom is -0.311 e. The molecule has 1 N–H and O–H groups in total. The van der Waals surface area contributed by atoms with Crippen molar-refractivity contribution in [3.05, 3.63) is 35.6 Å². The summed E-state index contributed by atoms with van der Waals surface area (Å²) in [6.45, 7) is 4.22. The van der Waals surface area contributed by atoms with Crippen LogP contribution in [0.15, 0.2) is 24.3 Å². The zero-order valence-electron chi connectivity index (χ0n) is 9.33. The van der Waals surface area contributed by atoms with Gasteiger partial charge in [-0.15, -0.1) is 0 Å². The molecule has 2 atom stereocenters. The maximum absolute atomic E-state index is 13.5. The fraction of sp³-hybridized carbons (Fsp3) is 0.538. The number of halogens is 1. The molecule has 0 bridgehead atoms. The molecule has 82 valence electrons. The van der Waals surface area contributed by atoms with E-state index in [1.807, 2.05) is 12.1 Å². The third-order valence-corrected chi connectivity index (χ3v) is 3.22. The molecule has 1 aliphatic rings. The van der Waals surface area contributed by atoms with Crippen LogP contribution in [0.4, 0.5) is 4.39 Å². The summed E-state index contributed by atoms with van der Waals surface area (Å²) in [6.07, 6.45) is 2.54. The van der Waals surface area contributed by atoms with Crippen molar-refractivity contribution in [2.45, 2.75) is 44.7 Å².